The predicted octanol–water partition coefficient (Wildman–Crippen LogP) is 2.15. The van der Waals surface area contributed by atoms with E-state index >= 15 is 0 Å². The van der Waals surface area contributed by atoms with Crippen molar-refractivity contribution in [2.75, 3.05) is 18.6 Å². The van der Waals surface area contributed by atoms with Gasteiger partial charge in [0.1, 0.15) is 11.8 Å². The van der Waals surface area contributed by atoms with Crippen molar-refractivity contribution in [3.8, 4) is 5.75 Å². The van der Waals surface area contributed by atoms with Gasteiger partial charge in [-0.25, -0.2) is 9.69 Å². The van der Waals surface area contributed by atoms with E-state index in [2.05, 4.69) is 5.32 Å². The molecule has 2 aliphatic heterocycles. The van der Waals surface area contributed by atoms with Gasteiger partial charge in [-0.1, -0.05) is 18.9 Å². The maximum atomic E-state index is 13.4. The monoisotopic (exact) mass is 429 g/mol. The van der Waals surface area contributed by atoms with Crippen LogP contribution in [-0.2, 0) is 14.4 Å². The molecule has 1 aromatic rings. The van der Waals surface area contributed by atoms with Crippen molar-refractivity contribution >= 4 is 29.5 Å². The Morgan fingerprint density at radius 3 is 2.65 bits per heavy atom. The summed E-state index contributed by atoms with van der Waals surface area (Å²) >= 11 is 0. The van der Waals surface area contributed by atoms with Crippen LogP contribution in [-0.4, -0.2) is 59.6 Å². The van der Waals surface area contributed by atoms with E-state index in [0.29, 0.717) is 37.2 Å². The van der Waals surface area contributed by atoms with Gasteiger partial charge in [-0.2, -0.15) is 0 Å². The molecule has 4 rings (SSSR count). The van der Waals surface area contributed by atoms with Gasteiger partial charge >= 0.3 is 12.0 Å². The van der Waals surface area contributed by atoms with Crippen molar-refractivity contribution in [3.63, 3.8) is 0 Å². The molecule has 0 unspecified atom stereocenters. The van der Waals surface area contributed by atoms with Crippen molar-refractivity contribution in [2.45, 2.75) is 57.0 Å². The number of nitrogens with one attached hydrogen (secondary N) is 1. The molecule has 9 nitrogen and oxygen atoms in total. The topological polar surface area (TPSA) is 116 Å². The zero-order valence-electron chi connectivity index (χ0n) is 17.5. The predicted molar refractivity (Wildman–Crippen MR) is 111 cm³/mol. The lowest BCUT2D eigenvalue weighted by molar-refractivity contribution is -0.143. The first-order valence-electron chi connectivity index (χ1n) is 10.6. The molecule has 2 atom stereocenters. The Balaban J connectivity index is 1.56. The van der Waals surface area contributed by atoms with E-state index < -0.39 is 35.4 Å². The van der Waals surface area contributed by atoms with Crippen molar-refractivity contribution in [1.29, 1.82) is 0 Å². The number of ether oxygens (including phenoxy) is 1. The van der Waals surface area contributed by atoms with E-state index in [4.69, 9.17) is 4.74 Å². The maximum absolute atomic E-state index is 13.4. The quantitative estimate of drug-likeness (QED) is 0.716. The number of imide groups is 1. The third kappa shape index (κ3) is 3.96. The molecule has 4 amide bonds. The van der Waals surface area contributed by atoms with Gasteiger partial charge in [-0.15, -0.1) is 0 Å². The maximum Gasteiger partial charge on any atom is 0.329 e. The lowest BCUT2D eigenvalue weighted by Crippen LogP contribution is -2.65. The molecule has 2 heterocycles. The van der Waals surface area contributed by atoms with Gasteiger partial charge in [0.05, 0.1) is 25.3 Å². The number of carboxylic acid groups (broad SMARTS) is 1. The number of carbonyl (C=O) groups excluding carboxylic acids is 3. The van der Waals surface area contributed by atoms with Crippen LogP contribution in [0.3, 0.4) is 0 Å². The third-order valence-corrected chi connectivity index (χ3v) is 6.73. The van der Waals surface area contributed by atoms with Gasteiger partial charge in [0.2, 0.25) is 5.91 Å². The van der Waals surface area contributed by atoms with Crippen molar-refractivity contribution in [2.24, 2.45) is 5.41 Å². The molecule has 0 spiro atoms. The zero-order valence-corrected chi connectivity index (χ0v) is 17.5. The van der Waals surface area contributed by atoms with E-state index in [1.165, 1.54) is 12.0 Å². The molecule has 0 bridgehead atoms. The standard InChI is InChI=1S/C22H27N3O6/c1-31-15-6-4-5-14(11-15)25-20(29)19-16(23-21(25)30)7-10-24(19)17(26)12-22(13-18(27)28)8-2-3-9-22/h4-6,11,16,19H,2-3,7-10,12-13H2,1H3,(H,23,30)(H,27,28)/t16-,19-/m1/s1. The summed E-state index contributed by atoms with van der Waals surface area (Å²) in [6.07, 6.45) is 3.79. The Morgan fingerprint density at radius 2 is 1.97 bits per heavy atom. The molecule has 1 aliphatic carbocycles. The van der Waals surface area contributed by atoms with Crippen molar-refractivity contribution in [3.05, 3.63) is 24.3 Å². The van der Waals surface area contributed by atoms with Gasteiger partial charge in [-0.3, -0.25) is 14.4 Å². The van der Waals surface area contributed by atoms with Gasteiger partial charge < -0.3 is 20.1 Å². The number of urea groups is 1. The smallest absolute Gasteiger partial charge is 0.329 e. The average molecular weight is 429 g/mol. The summed E-state index contributed by atoms with van der Waals surface area (Å²) in [4.78, 5) is 53.2. The Kier molecular flexibility index (Phi) is 5.60. The van der Waals surface area contributed by atoms with Crippen LogP contribution in [0.5, 0.6) is 5.75 Å². The normalized spacial score (nSPS) is 24.7. The number of amides is 4. The Hall–Kier alpha value is -3.10. The molecular formula is C22H27N3O6. The summed E-state index contributed by atoms with van der Waals surface area (Å²) in [5, 5.41) is 12.2. The van der Waals surface area contributed by atoms with Gasteiger partial charge in [0.25, 0.3) is 5.91 Å². The van der Waals surface area contributed by atoms with Crippen molar-refractivity contribution < 1.29 is 29.0 Å². The van der Waals surface area contributed by atoms with Gasteiger partial charge in [0, 0.05) is 19.0 Å². The highest BCUT2D eigenvalue weighted by atomic mass is 16.5. The van der Waals surface area contributed by atoms with Crippen LogP contribution in [0, 0.1) is 5.41 Å². The Labute approximate surface area is 180 Å². The summed E-state index contributed by atoms with van der Waals surface area (Å²) < 4.78 is 5.20. The number of carbonyl (C=O) groups is 4. The molecule has 0 aromatic heterocycles. The number of likely N-dealkylation sites (tertiary alicyclic amines) is 1. The minimum atomic E-state index is -0.904. The fourth-order valence-electron chi connectivity index (χ4n) is 5.26. The summed E-state index contributed by atoms with van der Waals surface area (Å²) in [6.45, 7) is 0.356. The lowest BCUT2D eigenvalue weighted by atomic mass is 9.79. The summed E-state index contributed by atoms with van der Waals surface area (Å²) in [7, 11) is 1.50. The second kappa shape index (κ2) is 8.20. The first-order chi connectivity index (χ1) is 14.8. The number of fused-ring (bicyclic) bond motifs is 1. The van der Waals surface area contributed by atoms with Crippen LogP contribution in [0.25, 0.3) is 0 Å². The largest absolute Gasteiger partial charge is 0.497 e. The van der Waals surface area contributed by atoms with E-state index in [9.17, 15) is 24.3 Å². The highest BCUT2D eigenvalue weighted by Gasteiger charge is 2.51. The van der Waals surface area contributed by atoms with Crippen LogP contribution < -0.4 is 15.0 Å². The summed E-state index contributed by atoms with van der Waals surface area (Å²) in [6, 6.07) is 4.89. The van der Waals surface area contributed by atoms with Gasteiger partial charge in [-0.05, 0) is 36.8 Å². The number of nitrogens with zero attached hydrogens (tertiary/aromatic N) is 2. The minimum Gasteiger partial charge on any atom is -0.497 e. The number of methoxy groups -OCH3 is 1. The number of anilines is 1. The highest BCUT2D eigenvalue weighted by molar-refractivity contribution is 6.19. The first-order valence-corrected chi connectivity index (χ1v) is 10.6. The first kappa shape index (κ1) is 21.1. The van der Waals surface area contributed by atoms with E-state index in [1.807, 2.05) is 0 Å². The van der Waals surface area contributed by atoms with E-state index in [-0.39, 0.29) is 18.7 Å². The molecule has 1 saturated carbocycles. The Bertz CT molecular complexity index is 910. The molecule has 2 N–H and O–H groups in total. The molecule has 1 aromatic carbocycles. The number of aliphatic carboxylic acids is 1. The van der Waals surface area contributed by atoms with Crippen LogP contribution >= 0.6 is 0 Å². The average Bonchev–Trinajstić information content (AvgIpc) is 3.35. The number of hydrogen-bond acceptors (Lipinski definition) is 5. The number of carboxylic acids is 1. The van der Waals surface area contributed by atoms with Crippen LogP contribution in [0.4, 0.5) is 10.5 Å². The molecule has 31 heavy (non-hydrogen) atoms. The van der Waals surface area contributed by atoms with Crippen LogP contribution in [0.2, 0.25) is 0 Å². The zero-order chi connectivity index (χ0) is 22.2. The third-order valence-electron chi connectivity index (χ3n) is 6.73. The fraction of sp³-hybridized carbons (Fsp3) is 0.545. The molecular weight excluding hydrogens is 402 g/mol. The number of benzene rings is 1. The number of hydrogen-bond donors (Lipinski definition) is 2. The summed E-state index contributed by atoms with van der Waals surface area (Å²) in [5.41, 5.74) is -0.174. The Morgan fingerprint density at radius 1 is 1.23 bits per heavy atom. The highest BCUT2D eigenvalue weighted by Crippen LogP contribution is 2.45. The minimum absolute atomic E-state index is 0.0404. The second-order valence-electron chi connectivity index (χ2n) is 8.71. The van der Waals surface area contributed by atoms with Crippen LogP contribution in [0.15, 0.2) is 24.3 Å². The SMILES string of the molecule is COc1cccc(N2C(=O)N[C@@H]3CCN(C(=O)CC4(CC(=O)O)CCCC4)[C@H]3C2=O)c1. The lowest BCUT2D eigenvalue weighted by Gasteiger charge is -2.38. The summed E-state index contributed by atoms with van der Waals surface area (Å²) in [5.74, 6) is -1.06. The molecule has 3 aliphatic rings. The molecule has 9 heteroatoms. The molecule has 166 valence electrons. The molecule has 2 saturated heterocycles. The van der Waals surface area contributed by atoms with Crippen LogP contribution in [0.1, 0.15) is 44.9 Å². The van der Waals surface area contributed by atoms with Crippen molar-refractivity contribution in [1.82, 2.24) is 10.2 Å². The van der Waals surface area contributed by atoms with E-state index in [1.54, 1.807) is 24.3 Å². The molecule has 3 fully saturated rings. The second-order valence-corrected chi connectivity index (χ2v) is 8.71. The van der Waals surface area contributed by atoms with Gasteiger partial charge in [0.15, 0.2) is 0 Å². The fourth-order valence-corrected chi connectivity index (χ4v) is 5.26. The molecule has 0 radical (unpaired) electrons. The van der Waals surface area contributed by atoms with E-state index in [0.717, 1.165) is 17.7 Å². The number of rotatable bonds is 6.